The highest BCUT2D eigenvalue weighted by atomic mass is 35.5. The van der Waals surface area contributed by atoms with Crippen molar-refractivity contribution in [3.05, 3.63) is 34.9 Å². The molecule has 0 aliphatic carbocycles. The smallest absolute Gasteiger partial charge is 0.0409 e. The third-order valence-corrected chi connectivity index (χ3v) is 4.61. The lowest BCUT2D eigenvalue weighted by Gasteiger charge is -2.26. The van der Waals surface area contributed by atoms with Crippen molar-refractivity contribution in [1.29, 1.82) is 0 Å². The first-order chi connectivity index (χ1) is 9.74. The molecule has 0 saturated carbocycles. The van der Waals surface area contributed by atoms with Crippen LogP contribution in [0.4, 0.5) is 0 Å². The maximum absolute atomic E-state index is 6.12. The van der Waals surface area contributed by atoms with Crippen molar-refractivity contribution in [2.45, 2.75) is 51.6 Å². The summed E-state index contributed by atoms with van der Waals surface area (Å²) in [4.78, 5) is 2.66. The first-order valence-corrected chi connectivity index (χ1v) is 8.35. The van der Waals surface area contributed by atoms with Crippen LogP contribution < -0.4 is 5.32 Å². The fourth-order valence-electron chi connectivity index (χ4n) is 3.30. The molecule has 112 valence electrons. The molecular weight excluding hydrogens is 268 g/mol. The monoisotopic (exact) mass is 294 g/mol. The Bertz CT molecular complexity index is 408. The Morgan fingerprint density at radius 2 is 2.25 bits per heavy atom. The van der Waals surface area contributed by atoms with E-state index in [9.17, 15) is 0 Å². The molecule has 1 saturated heterocycles. The van der Waals surface area contributed by atoms with Crippen LogP contribution in [0, 0.1) is 0 Å². The van der Waals surface area contributed by atoms with Gasteiger partial charge in [-0.2, -0.15) is 0 Å². The van der Waals surface area contributed by atoms with Crippen molar-refractivity contribution in [3.8, 4) is 0 Å². The highest BCUT2D eigenvalue weighted by molar-refractivity contribution is 6.30. The van der Waals surface area contributed by atoms with Crippen LogP contribution in [0.1, 0.15) is 51.1 Å². The maximum atomic E-state index is 6.12. The summed E-state index contributed by atoms with van der Waals surface area (Å²) in [5, 5.41) is 4.43. The minimum atomic E-state index is 0.414. The molecule has 0 bridgehead atoms. The molecule has 1 aromatic carbocycles. The molecule has 1 aliphatic rings. The summed E-state index contributed by atoms with van der Waals surface area (Å²) in [7, 11) is 0. The van der Waals surface area contributed by atoms with Gasteiger partial charge in [0, 0.05) is 23.7 Å². The summed E-state index contributed by atoms with van der Waals surface area (Å²) in [6, 6.07) is 9.49. The molecule has 1 N–H and O–H groups in total. The van der Waals surface area contributed by atoms with E-state index in [0.29, 0.717) is 6.04 Å². The van der Waals surface area contributed by atoms with Gasteiger partial charge in [-0.05, 0) is 56.5 Å². The van der Waals surface area contributed by atoms with Crippen LogP contribution in [0.15, 0.2) is 24.3 Å². The minimum Gasteiger partial charge on any atom is -0.310 e. The zero-order valence-electron chi connectivity index (χ0n) is 12.7. The Kier molecular flexibility index (Phi) is 6.34. The molecule has 1 aromatic rings. The fourth-order valence-corrected chi connectivity index (χ4v) is 3.50. The summed E-state index contributed by atoms with van der Waals surface area (Å²) < 4.78 is 0. The minimum absolute atomic E-state index is 0.414. The molecule has 1 fully saturated rings. The fraction of sp³-hybridized carbons (Fsp3) is 0.647. The van der Waals surface area contributed by atoms with Crippen LogP contribution in [-0.2, 0) is 0 Å². The molecular formula is C17H27ClN2. The molecule has 0 aromatic heterocycles. The number of nitrogens with zero attached hydrogens (tertiary/aromatic N) is 1. The van der Waals surface area contributed by atoms with Gasteiger partial charge in [-0.3, -0.25) is 0 Å². The molecule has 0 radical (unpaired) electrons. The van der Waals surface area contributed by atoms with Crippen LogP contribution in [-0.4, -0.2) is 30.6 Å². The van der Waals surface area contributed by atoms with Gasteiger partial charge in [0.15, 0.2) is 0 Å². The second kappa shape index (κ2) is 8.02. The average molecular weight is 295 g/mol. The first-order valence-electron chi connectivity index (χ1n) is 7.97. The zero-order chi connectivity index (χ0) is 14.4. The Labute approximate surface area is 128 Å². The summed E-state index contributed by atoms with van der Waals surface area (Å²) >= 11 is 6.12. The van der Waals surface area contributed by atoms with Crippen molar-refractivity contribution < 1.29 is 0 Å². The second-order valence-corrected chi connectivity index (χ2v) is 6.13. The number of hydrogen-bond donors (Lipinski definition) is 1. The second-order valence-electron chi connectivity index (χ2n) is 5.69. The zero-order valence-corrected chi connectivity index (χ0v) is 13.5. The van der Waals surface area contributed by atoms with Gasteiger partial charge < -0.3 is 10.2 Å². The summed E-state index contributed by atoms with van der Waals surface area (Å²) in [6.45, 7) is 7.92. The number of rotatable bonds is 7. The standard InChI is InChI=1S/C17H27ClN2/c1-3-16-9-6-11-20(16)12-10-17(19-4-2)14-7-5-8-15(18)13-14/h5,7-8,13,16-17,19H,3-4,6,9-12H2,1-2H3. The van der Waals surface area contributed by atoms with E-state index in [0.717, 1.165) is 24.0 Å². The molecule has 2 nitrogen and oxygen atoms in total. The Balaban J connectivity index is 1.95. The van der Waals surface area contributed by atoms with E-state index >= 15 is 0 Å². The normalized spacial score (nSPS) is 21.2. The number of halogens is 1. The van der Waals surface area contributed by atoms with E-state index in [1.54, 1.807) is 0 Å². The van der Waals surface area contributed by atoms with Crippen LogP contribution in [0.5, 0.6) is 0 Å². The molecule has 3 heteroatoms. The van der Waals surface area contributed by atoms with Crippen LogP contribution in [0.3, 0.4) is 0 Å². The van der Waals surface area contributed by atoms with Crippen molar-refractivity contribution in [2.75, 3.05) is 19.6 Å². The summed E-state index contributed by atoms with van der Waals surface area (Å²) in [5.74, 6) is 0. The maximum Gasteiger partial charge on any atom is 0.0409 e. The van der Waals surface area contributed by atoms with Gasteiger partial charge in [-0.1, -0.05) is 37.6 Å². The number of nitrogens with one attached hydrogen (secondary N) is 1. The highest BCUT2D eigenvalue weighted by Gasteiger charge is 2.23. The van der Waals surface area contributed by atoms with Crippen LogP contribution >= 0.6 is 11.6 Å². The molecule has 0 spiro atoms. The van der Waals surface area contributed by atoms with Gasteiger partial charge in [-0.15, -0.1) is 0 Å². The lowest BCUT2D eigenvalue weighted by Crippen LogP contribution is -2.32. The predicted molar refractivity (Wildman–Crippen MR) is 87.4 cm³/mol. The first kappa shape index (κ1) is 15.8. The van der Waals surface area contributed by atoms with Crippen molar-refractivity contribution in [3.63, 3.8) is 0 Å². The van der Waals surface area contributed by atoms with Crippen molar-refractivity contribution >= 4 is 11.6 Å². The van der Waals surface area contributed by atoms with E-state index in [4.69, 9.17) is 11.6 Å². The largest absolute Gasteiger partial charge is 0.310 e. The van der Waals surface area contributed by atoms with Gasteiger partial charge in [-0.25, -0.2) is 0 Å². The lowest BCUT2D eigenvalue weighted by molar-refractivity contribution is 0.234. The van der Waals surface area contributed by atoms with Gasteiger partial charge in [0.1, 0.15) is 0 Å². The molecule has 2 unspecified atom stereocenters. The van der Waals surface area contributed by atoms with Crippen molar-refractivity contribution in [2.24, 2.45) is 0 Å². The van der Waals surface area contributed by atoms with E-state index in [-0.39, 0.29) is 0 Å². The molecule has 1 heterocycles. The molecule has 0 amide bonds. The third-order valence-electron chi connectivity index (χ3n) is 4.38. The van der Waals surface area contributed by atoms with Crippen LogP contribution in [0.25, 0.3) is 0 Å². The predicted octanol–water partition coefficient (Wildman–Crippen LogP) is 4.26. The van der Waals surface area contributed by atoms with E-state index in [2.05, 4.69) is 36.2 Å². The summed E-state index contributed by atoms with van der Waals surface area (Å²) in [6.07, 6.45) is 5.18. The summed E-state index contributed by atoms with van der Waals surface area (Å²) in [5.41, 5.74) is 1.31. The Morgan fingerprint density at radius 1 is 1.40 bits per heavy atom. The average Bonchev–Trinajstić information content (AvgIpc) is 2.91. The van der Waals surface area contributed by atoms with Crippen molar-refractivity contribution in [1.82, 2.24) is 10.2 Å². The Hall–Kier alpha value is -0.570. The topological polar surface area (TPSA) is 15.3 Å². The number of likely N-dealkylation sites (tertiary alicyclic amines) is 1. The van der Waals surface area contributed by atoms with E-state index in [1.807, 2.05) is 12.1 Å². The van der Waals surface area contributed by atoms with E-state index < -0.39 is 0 Å². The van der Waals surface area contributed by atoms with E-state index in [1.165, 1.54) is 37.9 Å². The number of benzene rings is 1. The Morgan fingerprint density at radius 3 is 2.95 bits per heavy atom. The third kappa shape index (κ3) is 4.21. The molecule has 2 rings (SSSR count). The van der Waals surface area contributed by atoms with Gasteiger partial charge >= 0.3 is 0 Å². The SMILES string of the molecule is CCNC(CCN1CCCC1CC)c1cccc(Cl)c1. The molecule has 1 aliphatic heterocycles. The van der Waals surface area contributed by atoms with Gasteiger partial charge in [0.25, 0.3) is 0 Å². The molecule has 20 heavy (non-hydrogen) atoms. The van der Waals surface area contributed by atoms with Gasteiger partial charge in [0.05, 0.1) is 0 Å². The molecule has 2 atom stereocenters. The van der Waals surface area contributed by atoms with Crippen LogP contribution in [0.2, 0.25) is 5.02 Å². The van der Waals surface area contributed by atoms with Gasteiger partial charge in [0.2, 0.25) is 0 Å². The quantitative estimate of drug-likeness (QED) is 0.808. The number of hydrogen-bond acceptors (Lipinski definition) is 2. The highest BCUT2D eigenvalue weighted by Crippen LogP contribution is 2.24. The lowest BCUT2D eigenvalue weighted by atomic mass is 10.0.